The average molecular weight is 451 g/mol. The molecule has 0 radical (unpaired) electrons. The minimum absolute atomic E-state index is 0.128. The van der Waals surface area contributed by atoms with Crippen molar-refractivity contribution in [3.63, 3.8) is 0 Å². The second-order valence-electron chi connectivity index (χ2n) is 9.01. The van der Waals surface area contributed by atoms with E-state index in [-0.39, 0.29) is 11.9 Å². The fourth-order valence-electron chi connectivity index (χ4n) is 5.01. The van der Waals surface area contributed by atoms with Crippen LogP contribution in [0.3, 0.4) is 0 Å². The number of nitrogens with one attached hydrogen (secondary N) is 2. The summed E-state index contributed by atoms with van der Waals surface area (Å²) in [6, 6.07) is 8.99. The number of thiophene rings is 1. The molecular weight excluding hydrogens is 424 g/mol. The van der Waals surface area contributed by atoms with Crippen LogP contribution in [0.5, 0.6) is 5.88 Å². The van der Waals surface area contributed by atoms with Crippen LogP contribution in [0.1, 0.15) is 33.8 Å². The average Bonchev–Trinajstić information content (AvgIpc) is 3.30. The van der Waals surface area contributed by atoms with Crippen molar-refractivity contribution in [3.8, 4) is 5.88 Å². The van der Waals surface area contributed by atoms with Crippen molar-refractivity contribution in [2.24, 2.45) is 0 Å². The Morgan fingerprint density at radius 2 is 2.03 bits per heavy atom. The quantitative estimate of drug-likeness (QED) is 0.562. The fourth-order valence-corrected chi connectivity index (χ4v) is 6.05. The van der Waals surface area contributed by atoms with Gasteiger partial charge in [0.15, 0.2) is 0 Å². The zero-order valence-corrected chi connectivity index (χ0v) is 18.7. The monoisotopic (exact) mass is 450 g/mol. The summed E-state index contributed by atoms with van der Waals surface area (Å²) in [5, 5.41) is 7.56. The van der Waals surface area contributed by atoms with Crippen LogP contribution in [-0.2, 0) is 6.42 Å². The number of anilines is 2. The molecule has 2 unspecified atom stereocenters. The SMILES string of the molecule is Cc1ccc2c(N)c(C(=O)N[C@H]3COc4nc(N5CC6CCC(C5)N6)ccc4C3)sc2n1. The lowest BCUT2D eigenvalue weighted by Crippen LogP contribution is -2.51. The zero-order chi connectivity index (χ0) is 21.8. The number of nitrogens with zero attached hydrogens (tertiary/aromatic N) is 3. The molecule has 3 atom stereocenters. The number of hydrogen-bond donors (Lipinski definition) is 3. The van der Waals surface area contributed by atoms with Crippen LogP contribution >= 0.6 is 11.3 Å². The van der Waals surface area contributed by atoms with Gasteiger partial charge in [-0.05, 0) is 44.0 Å². The number of aromatic nitrogens is 2. The van der Waals surface area contributed by atoms with E-state index < -0.39 is 0 Å². The number of carbonyl (C=O) groups excluding carboxylic acids is 1. The maximum Gasteiger partial charge on any atom is 0.263 e. The number of amides is 1. The van der Waals surface area contributed by atoms with Crippen molar-refractivity contribution in [1.82, 2.24) is 20.6 Å². The van der Waals surface area contributed by atoms with Gasteiger partial charge in [-0.1, -0.05) is 0 Å². The summed E-state index contributed by atoms with van der Waals surface area (Å²) in [6.45, 7) is 4.31. The first-order valence-electron chi connectivity index (χ1n) is 11.1. The van der Waals surface area contributed by atoms with E-state index in [2.05, 4.69) is 32.7 Å². The lowest BCUT2D eigenvalue weighted by molar-refractivity contribution is 0.0918. The second-order valence-corrected chi connectivity index (χ2v) is 10.0. The van der Waals surface area contributed by atoms with Gasteiger partial charge in [-0.3, -0.25) is 4.79 Å². The summed E-state index contributed by atoms with van der Waals surface area (Å²) >= 11 is 1.33. The van der Waals surface area contributed by atoms with E-state index in [1.165, 1.54) is 24.2 Å². The number of hydrogen-bond acceptors (Lipinski definition) is 8. The van der Waals surface area contributed by atoms with E-state index in [1.54, 1.807) is 0 Å². The van der Waals surface area contributed by atoms with Crippen molar-refractivity contribution >= 4 is 39.0 Å². The topological polar surface area (TPSA) is 105 Å². The molecule has 6 rings (SSSR count). The van der Waals surface area contributed by atoms with Crippen molar-refractivity contribution in [2.75, 3.05) is 30.3 Å². The summed E-state index contributed by atoms with van der Waals surface area (Å²) in [5.74, 6) is 1.48. The molecule has 9 heteroatoms. The number of nitrogens with two attached hydrogens (primary N) is 1. The number of nitrogen functional groups attached to an aromatic ring is 1. The zero-order valence-electron chi connectivity index (χ0n) is 17.9. The summed E-state index contributed by atoms with van der Waals surface area (Å²) in [6.07, 6.45) is 3.16. The molecule has 2 bridgehead atoms. The van der Waals surface area contributed by atoms with Gasteiger partial charge >= 0.3 is 0 Å². The molecule has 166 valence electrons. The molecule has 3 aromatic rings. The van der Waals surface area contributed by atoms with Crippen LogP contribution < -0.4 is 26.0 Å². The first-order chi connectivity index (χ1) is 15.5. The highest BCUT2D eigenvalue weighted by atomic mass is 32.1. The predicted octanol–water partition coefficient (Wildman–Crippen LogP) is 2.26. The predicted molar refractivity (Wildman–Crippen MR) is 126 cm³/mol. The molecule has 2 saturated heterocycles. The summed E-state index contributed by atoms with van der Waals surface area (Å²) in [7, 11) is 0. The lowest BCUT2D eigenvalue weighted by Gasteiger charge is -2.34. The molecule has 2 fully saturated rings. The van der Waals surface area contributed by atoms with Gasteiger partial charge in [-0.25, -0.2) is 4.98 Å². The smallest absolute Gasteiger partial charge is 0.263 e. The molecule has 1 amide bonds. The van der Waals surface area contributed by atoms with E-state index in [9.17, 15) is 4.79 Å². The normalized spacial score (nSPS) is 24.3. The van der Waals surface area contributed by atoms with Crippen LogP contribution in [0.15, 0.2) is 24.3 Å². The lowest BCUT2D eigenvalue weighted by atomic mass is 10.0. The standard InChI is InChI=1S/C23H26N6O2S/c1-12-2-6-17-19(24)20(32-23(17)25-12)21(30)27-16-8-13-3-7-18(28-22(13)31-11-16)29-9-14-4-5-15(10-29)26-14/h2-3,6-7,14-16,26H,4-5,8-11,24H2,1H3,(H,27,30)/t14?,15?,16-/m1/s1. The van der Waals surface area contributed by atoms with Crippen molar-refractivity contribution in [1.29, 1.82) is 0 Å². The highest BCUT2D eigenvalue weighted by Gasteiger charge is 2.33. The molecule has 3 aromatic heterocycles. The Labute approximate surface area is 190 Å². The van der Waals surface area contributed by atoms with Crippen molar-refractivity contribution in [2.45, 2.75) is 44.3 Å². The highest BCUT2D eigenvalue weighted by molar-refractivity contribution is 7.21. The number of fused-ring (bicyclic) bond motifs is 4. The number of piperazine rings is 1. The van der Waals surface area contributed by atoms with E-state index in [1.807, 2.05) is 19.1 Å². The van der Waals surface area contributed by atoms with Gasteiger partial charge in [0, 0.05) is 48.2 Å². The number of pyridine rings is 2. The summed E-state index contributed by atoms with van der Waals surface area (Å²) in [4.78, 5) is 25.9. The largest absolute Gasteiger partial charge is 0.475 e. The maximum absolute atomic E-state index is 12.9. The van der Waals surface area contributed by atoms with Gasteiger partial charge in [0.2, 0.25) is 5.88 Å². The molecule has 4 N–H and O–H groups in total. The number of ether oxygens (including phenoxy) is 1. The van der Waals surface area contributed by atoms with Gasteiger partial charge in [0.05, 0.1) is 11.7 Å². The fraction of sp³-hybridized carbons (Fsp3) is 0.435. The van der Waals surface area contributed by atoms with Crippen LogP contribution in [0.2, 0.25) is 0 Å². The van der Waals surface area contributed by atoms with Crippen LogP contribution in [0, 0.1) is 6.92 Å². The van der Waals surface area contributed by atoms with Crippen molar-refractivity contribution < 1.29 is 9.53 Å². The Hall–Kier alpha value is -2.91. The minimum atomic E-state index is -0.180. The maximum atomic E-state index is 12.9. The third-order valence-electron chi connectivity index (χ3n) is 6.63. The summed E-state index contributed by atoms with van der Waals surface area (Å²) in [5.41, 5.74) is 8.66. The second kappa shape index (κ2) is 7.60. The molecule has 3 aliphatic rings. The van der Waals surface area contributed by atoms with Gasteiger partial charge in [0.1, 0.15) is 22.1 Å². The van der Waals surface area contributed by atoms with E-state index in [0.29, 0.717) is 41.6 Å². The molecule has 6 heterocycles. The van der Waals surface area contributed by atoms with E-state index in [0.717, 1.165) is 40.4 Å². The van der Waals surface area contributed by atoms with Gasteiger partial charge < -0.3 is 26.0 Å². The minimum Gasteiger partial charge on any atom is -0.475 e. The third kappa shape index (κ3) is 3.45. The van der Waals surface area contributed by atoms with Crippen LogP contribution in [0.4, 0.5) is 11.5 Å². The molecule has 0 spiro atoms. The molecule has 0 saturated carbocycles. The van der Waals surface area contributed by atoms with E-state index >= 15 is 0 Å². The Morgan fingerprint density at radius 1 is 1.22 bits per heavy atom. The number of rotatable bonds is 3. The Balaban J connectivity index is 1.16. The molecule has 32 heavy (non-hydrogen) atoms. The molecule has 0 aliphatic carbocycles. The number of aryl methyl sites for hydroxylation is 1. The van der Waals surface area contributed by atoms with Gasteiger partial charge in [-0.15, -0.1) is 11.3 Å². The molecule has 3 aliphatic heterocycles. The first kappa shape index (κ1) is 19.8. The third-order valence-corrected chi connectivity index (χ3v) is 7.74. The molecule has 0 aromatic carbocycles. The van der Waals surface area contributed by atoms with Gasteiger partial charge in [0.25, 0.3) is 5.91 Å². The Bertz CT molecular complexity index is 1200. The Morgan fingerprint density at radius 3 is 2.84 bits per heavy atom. The number of carbonyl (C=O) groups is 1. The van der Waals surface area contributed by atoms with Crippen molar-refractivity contribution in [3.05, 3.63) is 40.4 Å². The Kier molecular flexibility index (Phi) is 4.69. The van der Waals surface area contributed by atoms with Crippen LogP contribution in [0.25, 0.3) is 10.2 Å². The summed E-state index contributed by atoms with van der Waals surface area (Å²) < 4.78 is 5.97. The molecule has 8 nitrogen and oxygen atoms in total. The first-order valence-corrected chi connectivity index (χ1v) is 12.0. The highest BCUT2D eigenvalue weighted by Crippen LogP contribution is 2.33. The van der Waals surface area contributed by atoms with E-state index in [4.69, 9.17) is 15.5 Å². The van der Waals surface area contributed by atoms with Gasteiger partial charge in [-0.2, -0.15) is 4.98 Å². The van der Waals surface area contributed by atoms with Crippen LogP contribution in [-0.4, -0.2) is 53.7 Å². The molecular formula is C23H26N6O2S.